The van der Waals surface area contributed by atoms with E-state index in [1.54, 1.807) is 13.2 Å². The Morgan fingerprint density at radius 1 is 1.53 bits per heavy atom. The normalized spacial score (nSPS) is 12.4. The van der Waals surface area contributed by atoms with Crippen LogP contribution < -0.4 is 15.6 Å². The molecule has 0 saturated heterocycles. The van der Waals surface area contributed by atoms with Crippen molar-refractivity contribution in [3.63, 3.8) is 0 Å². The van der Waals surface area contributed by atoms with E-state index in [1.165, 1.54) is 10.7 Å². The first-order chi connectivity index (χ1) is 8.21. The second kappa shape index (κ2) is 7.06. The molecular weight excluding hydrogens is 218 g/mol. The smallest absolute Gasteiger partial charge is 0.266 e. The number of nitrogens with zero attached hydrogens (tertiary/aromatic N) is 2. The topological polar surface area (TPSA) is 56.2 Å². The summed E-state index contributed by atoms with van der Waals surface area (Å²) in [6.45, 7) is 2.78. The van der Waals surface area contributed by atoms with Gasteiger partial charge >= 0.3 is 0 Å². The third-order valence-electron chi connectivity index (χ3n) is 2.87. The lowest BCUT2D eigenvalue weighted by Crippen LogP contribution is -2.26. The van der Waals surface area contributed by atoms with Crippen LogP contribution in [0.2, 0.25) is 0 Å². The molecule has 0 aromatic carbocycles. The first kappa shape index (κ1) is 13.7. The Morgan fingerprint density at radius 3 is 2.88 bits per heavy atom. The average molecular weight is 239 g/mol. The van der Waals surface area contributed by atoms with Crippen molar-refractivity contribution in [3.8, 4) is 5.88 Å². The van der Waals surface area contributed by atoms with Gasteiger partial charge in [-0.1, -0.05) is 6.92 Å². The lowest BCUT2D eigenvalue weighted by molar-refractivity contribution is 0.369. The predicted molar refractivity (Wildman–Crippen MR) is 67.4 cm³/mol. The van der Waals surface area contributed by atoms with Crippen LogP contribution in [-0.4, -0.2) is 30.0 Å². The second-order valence-corrected chi connectivity index (χ2v) is 3.97. The molecule has 1 N–H and O–H groups in total. The molecule has 96 valence electrons. The van der Waals surface area contributed by atoms with E-state index in [0.29, 0.717) is 18.5 Å². The van der Waals surface area contributed by atoms with Gasteiger partial charge in [-0.25, -0.2) is 4.68 Å². The highest BCUT2D eigenvalue weighted by Gasteiger charge is 2.04. The fourth-order valence-corrected chi connectivity index (χ4v) is 1.74. The van der Waals surface area contributed by atoms with E-state index < -0.39 is 0 Å². The van der Waals surface area contributed by atoms with Gasteiger partial charge in [0.15, 0.2) is 0 Å². The number of aryl methyl sites for hydroxylation is 1. The standard InChI is InChI=1S/C12H21N3O2/c1-4-10(13-2)6-5-9-15-12(16)8-7-11(14-15)17-3/h7-8,10,13H,4-6,9H2,1-3H3. The lowest BCUT2D eigenvalue weighted by Gasteiger charge is -2.13. The lowest BCUT2D eigenvalue weighted by atomic mass is 10.1. The summed E-state index contributed by atoms with van der Waals surface area (Å²) in [5.41, 5.74) is -0.0803. The molecule has 5 nitrogen and oxygen atoms in total. The van der Waals surface area contributed by atoms with Gasteiger partial charge in [-0.15, -0.1) is 5.10 Å². The van der Waals surface area contributed by atoms with Gasteiger partial charge in [0.25, 0.3) is 5.56 Å². The van der Waals surface area contributed by atoms with Crippen LogP contribution in [0.15, 0.2) is 16.9 Å². The van der Waals surface area contributed by atoms with Crippen molar-refractivity contribution >= 4 is 0 Å². The van der Waals surface area contributed by atoms with Crippen molar-refractivity contribution < 1.29 is 4.74 Å². The van der Waals surface area contributed by atoms with Crippen molar-refractivity contribution in [1.82, 2.24) is 15.1 Å². The van der Waals surface area contributed by atoms with Crippen molar-refractivity contribution in [2.45, 2.75) is 38.8 Å². The summed E-state index contributed by atoms with van der Waals surface area (Å²) in [7, 11) is 3.51. The molecule has 0 aliphatic carbocycles. The molecule has 1 heterocycles. The SMILES string of the molecule is CCC(CCCn1nc(OC)ccc1=O)NC. The highest BCUT2D eigenvalue weighted by molar-refractivity contribution is 5.05. The maximum Gasteiger partial charge on any atom is 0.266 e. The third kappa shape index (κ3) is 4.19. The van der Waals surface area contributed by atoms with Crippen LogP contribution in [0.3, 0.4) is 0 Å². The molecule has 0 aliphatic heterocycles. The molecule has 17 heavy (non-hydrogen) atoms. The van der Waals surface area contributed by atoms with Crippen LogP contribution in [0.25, 0.3) is 0 Å². The zero-order chi connectivity index (χ0) is 12.7. The molecular formula is C12H21N3O2. The maximum atomic E-state index is 11.5. The van der Waals surface area contributed by atoms with Crippen LogP contribution in [0.4, 0.5) is 0 Å². The van der Waals surface area contributed by atoms with Gasteiger partial charge < -0.3 is 10.1 Å². The monoisotopic (exact) mass is 239 g/mol. The minimum Gasteiger partial charge on any atom is -0.480 e. The highest BCUT2D eigenvalue weighted by atomic mass is 16.5. The molecule has 1 atom stereocenters. The zero-order valence-corrected chi connectivity index (χ0v) is 10.8. The van der Waals surface area contributed by atoms with E-state index in [1.807, 2.05) is 7.05 Å². The number of hydrogen-bond acceptors (Lipinski definition) is 4. The average Bonchev–Trinajstić information content (AvgIpc) is 2.36. The summed E-state index contributed by atoms with van der Waals surface area (Å²) < 4.78 is 6.46. The molecule has 1 aromatic rings. The molecule has 0 amide bonds. The van der Waals surface area contributed by atoms with E-state index in [9.17, 15) is 4.79 Å². The van der Waals surface area contributed by atoms with E-state index in [-0.39, 0.29) is 5.56 Å². The Bertz CT molecular complexity index is 386. The summed E-state index contributed by atoms with van der Waals surface area (Å²) in [6.07, 6.45) is 3.06. The van der Waals surface area contributed by atoms with Crippen LogP contribution in [0.5, 0.6) is 5.88 Å². The number of aromatic nitrogens is 2. The molecule has 0 radical (unpaired) electrons. The van der Waals surface area contributed by atoms with E-state index in [0.717, 1.165) is 19.3 Å². The fourth-order valence-electron chi connectivity index (χ4n) is 1.74. The van der Waals surface area contributed by atoms with Crippen molar-refractivity contribution in [1.29, 1.82) is 0 Å². The molecule has 0 aliphatic rings. The summed E-state index contributed by atoms with van der Waals surface area (Å²) >= 11 is 0. The highest BCUT2D eigenvalue weighted by Crippen LogP contribution is 2.03. The summed E-state index contributed by atoms with van der Waals surface area (Å²) in [5, 5.41) is 7.34. The molecule has 1 rings (SSSR count). The van der Waals surface area contributed by atoms with Crippen molar-refractivity contribution in [2.75, 3.05) is 14.2 Å². The number of nitrogens with one attached hydrogen (secondary N) is 1. The first-order valence-corrected chi connectivity index (χ1v) is 6.00. The van der Waals surface area contributed by atoms with Gasteiger partial charge in [0, 0.05) is 24.7 Å². The summed E-state index contributed by atoms with van der Waals surface area (Å²) in [5.74, 6) is 0.477. The van der Waals surface area contributed by atoms with Crippen LogP contribution in [0, 0.1) is 0 Å². The van der Waals surface area contributed by atoms with E-state index in [4.69, 9.17) is 4.74 Å². The fraction of sp³-hybridized carbons (Fsp3) is 0.667. The second-order valence-electron chi connectivity index (χ2n) is 3.97. The Morgan fingerprint density at radius 2 is 2.29 bits per heavy atom. The van der Waals surface area contributed by atoms with Gasteiger partial charge in [0.05, 0.1) is 7.11 Å². The summed E-state index contributed by atoms with van der Waals surface area (Å²) in [6, 6.07) is 3.58. The number of ether oxygens (including phenoxy) is 1. The van der Waals surface area contributed by atoms with E-state index in [2.05, 4.69) is 17.3 Å². The molecule has 5 heteroatoms. The van der Waals surface area contributed by atoms with Gasteiger partial charge in [-0.2, -0.15) is 0 Å². The van der Waals surface area contributed by atoms with Gasteiger partial charge in [-0.3, -0.25) is 4.79 Å². The largest absolute Gasteiger partial charge is 0.480 e. The summed E-state index contributed by atoms with van der Waals surface area (Å²) in [4.78, 5) is 11.5. The molecule has 0 saturated carbocycles. The molecule has 1 aromatic heterocycles. The van der Waals surface area contributed by atoms with Crippen molar-refractivity contribution in [3.05, 3.63) is 22.5 Å². The van der Waals surface area contributed by atoms with Crippen LogP contribution >= 0.6 is 0 Å². The predicted octanol–water partition coefficient (Wildman–Crippen LogP) is 1.03. The Hall–Kier alpha value is -1.36. The van der Waals surface area contributed by atoms with Gasteiger partial charge in [-0.05, 0) is 26.3 Å². The van der Waals surface area contributed by atoms with Gasteiger partial charge in [0.1, 0.15) is 0 Å². The molecule has 1 unspecified atom stereocenters. The quantitative estimate of drug-likeness (QED) is 0.772. The number of hydrogen-bond donors (Lipinski definition) is 1. The number of rotatable bonds is 7. The minimum atomic E-state index is -0.0803. The number of methoxy groups -OCH3 is 1. The molecule has 0 bridgehead atoms. The zero-order valence-electron chi connectivity index (χ0n) is 10.8. The Kier molecular flexibility index (Phi) is 5.69. The Balaban J connectivity index is 2.54. The van der Waals surface area contributed by atoms with Crippen LogP contribution in [-0.2, 0) is 6.54 Å². The first-order valence-electron chi connectivity index (χ1n) is 6.00. The molecule has 0 spiro atoms. The maximum absolute atomic E-state index is 11.5. The van der Waals surface area contributed by atoms with Crippen LogP contribution in [0.1, 0.15) is 26.2 Å². The third-order valence-corrected chi connectivity index (χ3v) is 2.87. The van der Waals surface area contributed by atoms with Crippen molar-refractivity contribution in [2.24, 2.45) is 0 Å². The Labute approximate surface area is 102 Å². The van der Waals surface area contributed by atoms with E-state index >= 15 is 0 Å². The molecule has 0 fully saturated rings. The van der Waals surface area contributed by atoms with Gasteiger partial charge in [0.2, 0.25) is 5.88 Å². The minimum absolute atomic E-state index is 0.0803.